The highest BCUT2D eigenvalue weighted by molar-refractivity contribution is 5.93. The number of hydrogen-bond acceptors (Lipinski definition) is 5. The second-order valence-electron chi connectivity index (χ2n) is 4.99. The average molecular weight is 293 g/mol. The summed E-state index contributed by atoms with van der Waals surface area (Å²) < 4.78 is 4.86. The van der Waals surface area contributed by atoms with Gasteiger partial charge >= 0.3 is 5.97 Å². The molecule has 1 aromatic heterocycles. The van der Waals surface area contributed by atoms with Gasteiger partial charge in [0.05, 0.1) is 7.11 Å². The fraction of sp³-hybridized carbons (Fsp3) is 0.533. The number of nitrogens with one attached hydrogen (secondary N) is 2. The molecule has 116 valence electrons. The van der Waals surface area contributed by atoms with Crippen molar-refractivity contribution in [2.45, 2.75) is 39.2 Å². The number of ether oxygens (including phenoxy) is 1. The Labute approximate surface area is 125 Å². The first-order chi connectivity index (χ1) is 9.96. The lowest BCUT2D eigenvalue weighted by atomic mass is 9.96. The molecule has 0 spiro atoms. The lowest BCUT2D eigenvalue weighted by Crippen LogP contribution is -2.44. The largest absolute Gasteiger partial charge is 0.467 e. The maximum atomic E-state index is 12.0. The van der Waals surface area contributed by atoms with Crippen LogP contribution in [0.1, 0.15) is 44.1 Å². The molecule has 6 heteroatoms. The van der Waals surface area contributed by atoms with E-state index in [1.165, 1.54) is 13.3 Å². The molecule has 1 aromatic rings. The zero-order chi connectivity index (χ0) is 15.9. The van der Waals surface area contributed by atoms with Gasteiger partial charge in [-0.15, -0.1) is 0 Å². The number of aromatic nitrogens is 1. The van der Waals surface area contributed by atoms with Crippen LogP contribution in [0.5, 0.6) is 0 Å². The van der Waals surface area contributed by atoms with Crippen LogP contribution in [0.25, 0.3) is 0 Å². The van der Waals surface area contributed by atoms with Gasteiger partial charge in [0.15, 0.2) is 0 Å². The minimum absolute atomic E-state index is 0.239. The Morgan fingerprint density at radius 3 is 2.67 bits per heavy atom. The van der Waals surface area contributed by atoms with Crippen molar-refractivity contribution in [3.8, 4) is 0 Å². The number of methoxy groups -OCH3 is 1. The molecule has 0 aromatic carbocycles. The molecule has 1 rings (SSSR count). The van der Waals surface area contributed by atoms with E-state index in [9.17, 15) is 9.59 Å². The normalized spacial score (nSPS) is 13.1. The quantitative estimate of drug-likeness (QED) is 0.751. The Morgan fingerprint density at radius 2 is 2.10 bits per heavy atom. The molecule has 0 aliphatic heterocycles. The van der Waals surface area contributed by atoms with Crippen LogP contribution >= 0.6 is 0 Å². The molecule has 0 saturated heterocycles. The number of amides is 1. The van der Waals surface area contributed by atoms with Crippen LogP contribution in [-0.2, 0) is 9.53 Å². The van der Waals surface area contributed by atoms with Gasteiger partial charge in [0.2, 0.25) is 0 Å². The molecule has 0 aliphatic rings. The first kappa shape index (κ1) is 16.9. The van der Waals surface area contributed by atoms with Gasteiger partial charge in [0.25, 0.3) is 5.91 Å². The number of carbonyl (C=O) groups is 2. The number of anilines is 1. The van der Waals surface area contributed by atoms with Crippen molar-refractivity contribution in [1.82, 2.24) is 10.3 Å². The van der Waals surface area contributed by atoms with Crippen LogP contribution < -0.4 is 10.6 Å². The summed E-state index contributed by atoms with van der Waals surface area (Å²) in [6, 6.07) is 3.35. The molecule has 1 atom stereocenters. The minimum atomic E-state index is -0.830. The van der Waals surface area contributed by atoms with Gasteiger partial charge in [-0.2, -0.15) is 0 Å². The summed E-state index contributed by atoms with van der Waals surface area (Å²) in [4.78, 5) is 27.8. The zero-order valence-electron chi connectivity index (χ0n) is 13.0. The zero-order valence-corrected chi connectivity index (χ0v) is 13.0. The Hall–Kier alpha value is -2.11. The molecule has 1 amide bonds. The Balaban J connectivity index is 2.97. The molecule has 0 fully saturated rings. The van der Waals surface area contributed by atoms with Gasteiger partial charge in [-0.05, 0) is 32.4 Å². The Morgan fingerprint density at radius 1 is 1.38 bits per heavy atom. The maximum absolute atomic E-state index is 12.0. The number of nitrogens with zero attached hydrogens (tertiary/aromatic N) is 1. The van der Waals surface area contributed by atoms with E-state index in [1.54, 1.807) is 19.1 Å². The fourth-order valence-corrected chi connectivity index (χ4v) is 2.14. The summed E-state index contributed by atoms with van der Waals surface area (Å²) in [6.45, 7) is 6.16. The van der Waals surface area contributed by atoms with Gasteiger partial charge in [-0.1, -0.05) is 13.3 Å². The highest BCUT2D eigenvalue weighted by Gasteiger charge is 2.33. The monoisotopic (exact) mass is 293 g/mol. The molecule has 1 heterocycles. The summed E-state index contributed by atoms with van der Waals surface area (Å²) in [5.41, 5.74) is 0.141. The molecule has 21 heavy (non-hydrogen) atoms. The van der Waals surface area contributed by atoms with Crippen molar-refractivity contribution in [3.05, 3.63) is 24.0 Å². The molecule has 2 N–H and O–H groups in total. The van der Waals surface area contributed by atoms with Crippen molar-refractivity contribution in [2.24, 2.45) is 0 Å². The van der Waals surface area contributed by atoms with Crippen molar-refractivity contribution in [1.29, 1.82) is 0 Å². The predicted molar refractivity (Wildman–Crippen MR) is 81.2 cm³/mol. The van der Waals surface area contributed by atoms with E-state index in [2.05, 4.69) is 15.6 Å². The topological polar surface area (TPSA) is 80.3 Å². The van der Waals surface area contributed by atoms with Gasteiger partial charge < -0.3 is 15.4 Å². The number of hydrogen-bond donors (Lipinski definition) is 2. The second kappa shape index (κ2) is 7.61. The molecule has 0 aliphatic carbocycles. The smallest absolute Gasteiger partial charge is 0.331 e. The predicted octanol–water partition coefficient (Wildman–Crippen LogP) is 1.97. The maximum Gasteiger partial charge on any atom is 0.331 e. The van der Waals surface area contributed by atoms with E-state index in [0.29, 0.717) is 24.3 Å². The van der Waals surface area contributed by atoms with Gasteiger partial charge in [0.1, 0.15) is 11.2 Å². The third-order valence-corrected chi connectivity index (χ3v) is 3.14. The van der Waals surface area contributed by atoms with E-state index >= 15 is 0 Å². The van der Waals surface area contributed by atoms with Crippen LogP contribution in [0.2, 0.25) is 0 Å². The third-order valence-electron chi connectivity index (χ3n) is 3.14. The summed E-state index contributed by atoms with van der Waals surface area (Å²) in [6.07, 6.45) is 2.99. The van der Waals surface area contributed by atoms with Crippen LogP contribution in [0.15, 0.2) is 18.3 Å². The van der Waals surface area contributed by atoms with Gasteiger partial charge in [0, 0.05) is 18.4 Å². The summed E-state index contributed by atoms with van der Waals surface area (Å²) in [5, 5.41) is 5.84. The summed E-state index contributed by atoms with van der Waals surface area (Å²) >= 11 is 0. The highest BCUT2D eigenvalue weighted by atomic mass is 16.5. The third kappa shape index (κ3) is 4.44. The SMILES string of the molecule is CCCC(C)(Nc1ccnc(C(=O)NCC)c1)C(=O)OC. The van der Waals surface area contributed by atoms with Crippen LogP contribution in [0.4, 0.5) is 5.69 Å². The van der Waals surface area contributed by atoms with Crippen molar-refractivity contribution in [2.75, 3.05) is 19.0 Å². The van der Waals surface area contributed by atoms with Crippen LogP contribution in [0.3, 0.4) is 0 Å². The number of rotatable bonds is 7. The van der Waals surface area contributed by atoms with Gasteiger partial charge in [-0.3, -0.25) is 9.78 Å². The molecule has 6 nitrogen and oxygen atoms in total. The van der Waals surface area contributed by atoms with Crippen molar-refractivity contribution < 1.29 is 14.3 Å². The highest BCUT2D eigenvalue weighted by Crippen LogP contribution is 2.22. The van der Waals surface area contributed by atoms with Crippen molar-refractivity contribution in [3.63, 3.8) is 0 Å². The van der Waals surface area contributed by atoms with E-state index < -0.39 is 5.54 Å². The Bertz CT molecular complexity index is 505. The second-order valence-corrected chi connectivity index (χ2v) is 4.99. The van der Waals surface area contributed by atoms with Gasteiger partial charge in [-0.25, -0.2) is 4.79 Å². The minimum Gasteiger partial charge on any atom is -0.467 e. The first-order valence-corrected chi connectivity index (χ1v) is 7.07. The Kier molecular flexibility index (Phi) is 6.14. The first-order valence-electron chi connectivity index (χ1n) is 7.07. The molecule has 0 bridgehead atoms. The molecule has 0 saturated carbocycles. The van der Waals surface area contributed by atoms with E-state index in [-0.39, 0.29) is 11.9 Å². The lowest BCUT2D eigenvalue weighted by Gasteiger charge is -2.28. The number of esters is 1. The lowest BCUT2D eigenvalue weighted by molar-refractivity contribution is -0.145. The number of carbonyl (C=O) groups excluding carboxylic acids is 2. The molecule has 1 unspecified atom stereocenters. The standard InChI is InChI=1S/C15H23N3O3/c1-5-8-15(3,14(20)21-4)18-11-7-9-17-12(10-11)13(19)16-6-2/h7,9-10H,5-6,8H2,1-4H3,(H,16,19)(H,17,18). The summed E-state index contributed by atoms with van der Waals surface area (Å²) in [5.74, 6) is -0.572. The van der Waals surface area contributed by atoms with Crippen LogP contribution in [0, 0.1) is 0 Å². The number of pyridine rings is 1. The molecular formula is C15H23N3O3. The van der Waals surface area contributed by atoms with E-state index in [0.717, 1.165) is 6.42 Å². The van der Waals surface area contributed by atoms with E-state index in [1.807, 2.05) is 13.8 Å². The molecule has 0 radical (unpaired) electrons. The van der Waals surface area contributed by atoms with Crippen LogP contribution in [-0.4, -0.2) is 36.1 Å². The fourth-order valence-electron chi connectivity index (χ4n) is 2.14. The average Bonchev–Trinajstić information content (AvgIpc) is 2.47. The van der Waals surface area contributed by atoms with Crippen molar-refractivity contribution >= 4 is 17.6 Å². The molecular weight excluding hydrogens is 270 g/mol. The summed E-state index contributed by atoms with van der Waals surface area (Å²) in [7, 11) is 1.37. The van der Waals surface area contributed by atoms with E-state index in [4.69, 9.17) is 4.74 Å².